The Labute approximate surface area is 162 Å². The smallest absolute Gasteiger partial charge is 0.251 e. The molecule has 0 radical (unpaired) electrons. The second kappa shape index (κ2) is 9.50. The van der Waals surface area contributed by atoms with E-state index in [9.17, 15) is 4.79 Å². The molecule has 134 valence electrons. The Morgan fingerprint density at radius 3 is 2.69 bits per heavy atom. The lowest BCUT2D eigenvalue weighted by atomic mass is 10.2. The third-order valence-electron chi connectivity index (χ3n) is 3.75. The molecule has 1 amide bonds. The van der Waals surface area contributed by atoms with E-state index >= 15 is 0 Å². The maximum absolute atomic E-state index is 12.2. The number of carbonyl (C=O) groups is 1. The topological polar surface area (TPSA) is 54.9 Å². The molecular weight excluding hydrogens is 362 g/mol. The SMILES string of the molecule is Cc1csc(CCCCNC(=O)c2ccc(Sc3ccccn3)cc2)n1. The zero-order chi connectivity index (χ0) is 18.2. The van der Waals surface area contributed by atoms with E-state index in [4.69, 9.17) is 0 Å². The number of hydrogen-bond acceptors (Lipinski definition) is 5. The number of rotatable bonds is 8. The van der Waals surface area contributed by atoms with Gasteiger partial charge >= 0.3 is 0 Å². The number of carbonyl (C=O) groups excluding carboxylic acids is 1. The summed E-state index contributed by atoms with van der Waals surface area (Å²) in [4.78, 5) is 22.0. The van der Waals surface area contributed by atoms with Crippen LogP contribution in [0.5, 0.6) is 0 Å². The van der Waals surface area contributed by atoms with Crippen molar-refractivity contribution in [2.45, 2.75) is 36.1 Å². The fraction of sp³-hybridized carbons (Fsp3) is 0.250. The first-order chi connectivity index (χ1) is 12.7. The number of nitrogens with zero attached hydrogens (tertiary/aromatic N) is 2. The minimum Gasteiger partial charge on any atom is -0.352 e. The van der Waals surface area contributed by atoms with Crippen molar-refractivity contribution in [2.75, 3.05) is 6.54 Å². The Morgan fingerprint density at radius 1 is 1.15 bits per heavy atom. The normalized spacial score (nSPS) is 10.7. The lowest BCUT2D eigenvalue weighted by Gasteiger charge is -2.06. The highest BCUT2D eigenvalue weighted by Gasteiger charge is 2.06. The predicted octanol–water partition coefficient (Wildman–Crippen LogP) is 4.75. The van der Waals surface area contributed by atoms with Crippen molar-refractivity contribution in [3.05, 3.63) is 70.3 Å². The van der Waals surface area contributed by atoms with E-state index < -0.39 is 0 Å². The average molecular weight is 384 g/mol. The van der Waals surface area contributed by atoms with Crippen LogP contribution in [0.2, 0.25) is 0 Å². The Bertz CT molecular complexity index is 832. The maximum atomic E-state index is 12.2. The fourth-order valence-electron chi connectivity index (χ4n) is 2.43. The van der Waals surface area contributed by atoms with E-state index in [1.807, 2.05) is 49.4 Å². The van der Waals surface area contributed by atoms with Gasteiger partial charge < -0.3 is 5.32 Å². The van der Waals surface area contributed by atoms with Gasteiger partial charge in [0.1, 0.15) is 5.03 Å². The van der Waals surface area contributed by atoms with Crippen LogP contribution in [0, 0.1) is 6.92 Å². The first kappa shape index (κ1) is 18.6. The first-order valence-corrected chi connectivity index (χ1v) is 10.3. The average Bonchev–Trinajstić information content (AvgIpc) is 3.08. The van der Waals surface area contributed by atoms with Gasteiger partial charge in [-0.3, -0.25) is 4.79 Å². The van der Waals surface area contributed by atoms with Gasteiger partial charge in [0.2, 0.25) is 0 Å². The number of nitrogens with one attached hydrogen (secondary N) is 1. The maximum Gasteiger partial charge on any atom is 0.251 e. The van der Waals surface area contributed by atoms with Gasteiger partial charge in [-0.25, -0.2) is 9.97 Å². The lowest BCUT2D eigenvalue weighted by Crippen LogP contribution is -2.24. The molecule has 0 aliphatic heterocycles. The van der Waals surface area contributed by atoms with Gasteiger partial charge in [0.05, 0.1) is 5.01 Å². The van der Waals surface area contributed by atoms with Crippen molar-refractivity contribution in [2.24, 2.45) is 0 Å². The Morgan fingerprint density at radius 2 is 2.00 bits per heavy atom. The molecule has 26 heavy (non-hydrogen) atoms. The molecule has 0 atom stereocenters. The van der Waals surface area contributed by atoms with Crippen LogP contribution < -0.4 is 5.32 Å². The molecule has 0 bridgehead atoms. The zero-order valence-electron chi connectivity index (χ0n) is 14.6. The number of amides is 1. The van der Waals surface area contributed by atoms with Crippen molar-refractivity contribution in [1.29, 1.82) is 0 Å². The van der Waals surface area contributed by atoms with Gasteiger partial charge in [-0.15, -0.1) is 11.3 Å². The van der Waals surface area contributed by atoms with Crippen molar-refractivity contribution < 1.29 is 4.79 Å². The van der Waals surface area contributed by atoms with E-state index in [1.54, 1.807) is 29.3 Å². The number of pyridine rings is 1. The van der Waals surface area contributed by atoms with E-state index in [0.29, 0.717) is 12.1 Å². The Balaban J connectivity index is 1.40. The van der Waals surface area contributed by atoms with Crippen LogP contribution in [-0.4, -0.2) is 22.4 Å². The molecule has 0 aliphatic rings. The highest BCUT2D eigenvalue weighted by molar-refractivity contribution is 7.99. The van der Waals surface area contributed by atoms with Crippen LogP contribution in [0.15, 0.2) is 64.0 Å². The number of unbranched alkanes of at least 4 members (excludes halogenated alkanes) is 1. The monoisotopic (exact) mass is 383 g/mol. The second-order valence-corrected chi connectivity index (χ2v) is 7.93. The summed E-state index contributed by atoms with van der Waals surface area (Å²) in [5.41, 5.74) is 1.77. The molecule has 0 unspecified atom stereocenters. The number of hydrogen-bond donors (Lipinski definition) is 1. The number of aromatic nitrogens is 2. The van der Waals surface area contributed by atoms with Gasteiger partial charge in [-0.2, -0.15) is 0 Å². The van der Waals surface area contributed by atoms with Crippen LogP contribution in [0.25, 0.3) is 0 Å². The summed E-state index contributed by atoms with van der Waals surface area (Å²) in [7, 11) is 0. The molecule has 2 heterocycles. The van der Waals surface area contributed by atoms with E-state index in [0.717, 1.165) is 34.9 Å². The van der Waals surface area contributed by atoms with Gasteiger partial charge in [0.25, 0.3) is 5.91 Å². The van der Waals surface area contributed by atoms with Gasteiger partial charge in [0, 0.05) is 34.3 Å². The van der Waals surface area contributed by atoms with Gasteiger partial charge in [-0.05, 0) is 62.6 Å². The van der Waals surface area contributed by atoms with Crippen molar-refractivity contribution >= 4 is 29.0 Å². The van der Waals surface area contributed by atoms with Crippen molar-refractivity contribution in [3.8, 4) is 0 Å². The molecule has 0 saturated heterocycles. The number of thiazole rings is 1. The first-order valence-electron chi connectivity index (χ1n) is 8.59. The molecule has 4 nitrogen and oxygen atoms in total. The van der Waals surface area contributed by atoms with Crippen molar-refractivity contribution in [3.63, 3.8) is 0 Å². The van der Waals surface area contributed by atoms with Crippen LogP contribution in [0.1, 0.15) is 33.9 Å². The number of benzene rings is 1. The summed E-state index contributed by atoms with van der Waals surface area (Å²) in [5.74, 6) is -0.0236. The summed E-state index contributed by atoms with van der Waals surface area (Å²) < 4.78 is 0. The Kier molecular flexibility index (Phi) is 6.80. The summed E-state index contributed by atoms with van der Waals surface area (Å²) in [6.07, 6.45) is 4.75. The van der Waals surface area contributed by atoms with E-state index in [2.05, 4.69) is 20.7 Å². The molecule has 6 heteroatoms. The van der Waals surface area contributed by atoms with Crippen LogP contribution in [-0.2, 0) is 6.42 Å². The molecule has 3 aromatic rings. The third kappa shape index (κ3) is 5.68. The van der Waals surface area contributed by atoms with Crippen molar-refractivity contribution in [1.82, 2.24) is 15.3 Å². The highest BCUT2D eigenvalue weighted by atomic mass is 32.2. The fourth-order valence-corrected chi connectivity index (χ4v) is 4.02. The standard InChI is InChI=1S/C20H21N3OS2/c1-15-14-25-19(23-15)7-3-5-13-22-20(24)16-8-10-17(11-9-16)26-18-6-2-4-12-21-18/h2,4,6,8-12,14H,3,5,7,13H2,1H3,(H,22,24). The Hall–Kier alpha value is -2.18. The predicted molar refractivity (Wildman–Crippen MR) is 107 cm³/mol. The van der Waals surface area contributed by atoms with Crippen LogP contribution in [0.3, 0.4) is 0 Å². The molecule has 2 aromatic heterocycles. The largest absolute Gasteiger partial charge is 0.352 e. The van der Waals surface area contributed by atoms with E-state index in [-0.39, 0.29) is 5.91 Å². The molecular formula is C20H21N3OS2. The molecule has 1 aromatic carbocycles. The third-order valence-corrected chi connectivity index (χ3v) is 5.73. The quantitative estimate of drug-likeness (QED) is 0.570. The minimum atomic E-state index is -0.0236. The minimum absolute atomic E-state index is 0.0236. The molecule has 0 fully saturated rings. The van der Waals surface area contributed by atoms with Gasteiger partial charge in [0.15, 0.2) is 0 Å². The summed E-state index contributed by atoms with van der Waals surface area (Å²) in [6.45, 7) is 2.70. The van der Waals surface area contributed by atoms with Crippen LogP contribution >= 0.6 is 23.1 Å². The van der Waals surface area contributed by atoms with Crippen LogP contribution in [0.4, 0.5) is 0 Å². The zero-order valence-corrected chi connectivity index (χ0v) is 16.3. The highest BCUT2D eigenvalue weighted by Crippen LogP contribution is 2.25. The molecule has 0 aliphatic carbocycles. The lowest BCUT2D eigenvalue weighted by molar-refractivity contribution is 0.0953. The molecule has 1 N–H and O–H groups in total. The molecule has 3 rings (SSSR count). The number of aryl methyl sites for hydroxylation is 2. The molecule has 0 saturated carbocycles. The van der Waals surface area contributed by atoms with Gasteiger partial charge in [-0.1, -0.05) is 17.8 Å². The summed E-state index contributed by atoms with van der Waals surface area (Å²) in [5, 5.41) is 7.18. The summed E-state index contributed by atoms with van der Waals surface area (Å²) >= 11 is 3.29. The second-order valence-electron chi connectivity index (χ2n) is 5.89. The summed E-state index contributed by atoms with van der Waals surface area (Å²) in [6, 6.07) is 13.5. The van der Waals surface area contributed by atoms with E-state index in [1.165, 1.54) is 5.01 Å². The molecule has 0 spiro atoms.